The van der Waals surface area contributed by atoms with Gasteiger partial charge in [-0.1, -0.05) is 39.3 Å². The predicted molar refractivity (Wildman–Crippen MR) is 147 cm³/mol. The van der Waals surface area contributed by atoms with Crippen LogP contribution in [0.4, 0.5) is 0 Å². The van der Waals surface area contributed by atoms with Crippen LogP contribution in [0.25, 0.3) is 0 Å². The second kappa shape index (κ2) is 9.34. The molecule has 2 saturated heterocycles. The minimum absolute atomic E-state index is 0.214. The van der Waals surface area contributed by atoms with Crippen LogP contribution in [0.2, 0.25) is 0 Å². The third kappa shape index (κ3) is 4.16. The number of allylic oxidation sites excluding steroid dienone is 1. The molecule has 1 N–H and O–H groups in total. The van der Waals surface area contributed by atoms with Gasteiger partial charge in [-0.15, -0.1) is 0 Å². The normalized spacial score (nSPS) is 50.7. The van der Waals surface area contributed by atoms with E-state index >= 15 is 0 Å². The van der Waals surface area contributed by atoms with E-state index in [1.54, 1.807) is 5.57 Å². The van der Waals surface area contributed by atoms with Gasteiger partial charge < -0.3 is 19.7 Å². The number of rotatable bonds is 4. The molecular formula is C32H52N2O3. The van der Waals surface area contributed by atoms with Gasteiger partial charge >= 0.3 is 0 Å². The van der Waals surface area contributed by atoms with Crippen LogP contribution in [-0.2, 0) is 14.3 Å². The molecule has 0 bridgehead atoms. The van der Waals surface area contributed by atoms with Crippen LogP contribution in [0, 0.1) is 46.3 Å². The second-order valence-corrected chi connectivity index (χ2v) is 14.8. The number of hydrogen-bond donors (Lipinski definition) is 1. The summed E-state index contributed by atoms with van der Waals surface area (Å²) in [6.07, 6.45) is 14.5. The van der Waals surface area contributed by atoms with Crippen molar-refractivity contribution in [3.63, 3.8) is 0 Å². The maximum atomic E-state index is 12.5. The number of hydrogen-bond acceptors (Lipinski definition) is 4. The number of carbonyl (C=O) groups excluding carboxylic acids is 1. The predicted octanol–water partition coefficient (Wildman–Crippen LogP) is 5.79. The van der Waals surface area contributed by atoms with Gasteiger partial charge in [-0.2, -0.15) is 0 Å². The standard InChI is InChI=1S/C32H52N2O3/c1-20-9-15-32(36-19-20)21(2)29-27(37-32)18-26-24-8-7-22-17-23(33-28(35)12-16-34(5)6)10-13-30(22,3)25(24)11-14-31(26,29)4/h7,20-21,23-27,29H,8-19H2,1-6H3,(H,33,35)/t20-,21+,23+,24-,25+,26+,27+,29+,30+,31+,32-/m1/s1. The Bertz CT molecular complexity index is 923. The molecule has 0 aromatic rings. The van der Waals surface area contributed by atoms with E-state index in [-0.39, 0.29) is 11.7 Å². The van der Waals surface area contributed by atoms with Crippen molar-refractivity contribution < 1.29 is 14.3 Å². The quantitative estimate of drug-likeness (QED) is 0.485. The summed E-state index contributed by atoms with van der Waals surface area (Å²) < 4.78 is 13.5. The third-order valence-electron chi connectivity index (χ3n) is 12.5. The van der Waals surface area contributed by atoms with Crippen molar-refractivity contribution >= 4 is 5.91 Å². The monoisotopic (exact) mass is 512 g/mol. The first kappa shape index (κ1) is 26.3. The minimum atomic E-state index is -0.312. The molecular weight excluding hydrogens is 460 g/mol. The summed E-state index contributed by atoms with van der Waals surface area (Å²) in [4.78, 5) is 14.6. The summed E-state index contributed by atoms with van der Waals surface area (Å²) in [6.45, 7) is 11.6. The summed E-state index contributed by atoms with van der Waals surface area (Å²) in [5, 5.41) is 3.37. The zero-order valence-corrected chi connectivity index (χ0v) is 24.4. The highest BCUT2D eigenvalue weighted by Crippen LogP contribution is 2.70. The number of carbonyl (C=O) groups is 1. The fourth-order valence-electron chi connectivity index (χ4n) is 10.4. The van der Waals surface area contributed by atoms with E-state index in [2.05, 4.69) is 44.0 Å². The van der Waals surface area contributed by atoms with Crippen molar-refractivity contribution in [1.29, 1.82) is 0 Å². The molecule has 3 saturated carbocycles. The molecule has 1 spiro atoms. The fourth-order valence-corrected chi connectivity index (χ4v) is 10.4. The zero-order chi connectivity index (χ0) is 26.2. The van der Waals surface area contributed by atoms with E-state index in [0.717, 1.165) is 50.2 Å². The van der Waals surface area contributed by atoms with Gasteiger partial charge in [0, 0.05) is 31.3 Å². The first-order valence-electron chi connectivity index (χ1n) is 15.5. The van der Waals surface area contributed by atoms with E-state index in [9.17, 15) is 4.79 Å². The highest BCUT2D eigenvalue weighted by molar-refractivity contribution is 5.76. The van der Waals surface area contributed by atoms with E-state index in [1.807, 2.05) is 14.1 Å². The molecule has 4 aliphatic carbocycles. The van der Waals surface area contributed by atoms with Crippen molar-refractivity contribution in [2.24, 2.45) is 46.3 Å². The van der Waals surface area contributed by atoms with Crippen LogP contribution in [0.3, 0.4) is 0 Å². The van der Waals surface area contributed by atoms with E-state index in [0.29, 0.717) is 47.2 Å². The van der Waals surface area contributed by atoms with Crippen LogP contribution < -0.4 is 5.32 Å². The topological polar surface area (TPSA) is 50.8 Å². The van der Waals surface area contributed by atoms with Crippen LogP contribution in [0.1, 0.15) is 91.9 Å². The number of nitrogens with one attached hydrogen (secondary N) is 1. The first-order valence-corrected chi connectivity index (χ1v) is 15.5. The van der Waals surface area contributed by atoms with Gasteiger partial charge in [0.2, 0.25) is 5.91 Å². The molecule has 2 aliphatic heterocycles. The van der Waals surface area contributed by atoms with Gasteiger partial charge in [0.25, 0.3) is 0 Å². The molecule has 5 fully saturated rings. The maximum absolute atomic E-state index is 12.5. The number of ether oxygens (including phenoxy) is 2. The Labute approximate surface area is 225 Å². The lowest BCUT2D eigenvalue weighted by molar-refractivity contribution is -0.272. The molecule has 37 heavy (non-hydrogen) atoms. The van der Waals surface area contributed by atoms with Crippen LogP contribution in [0.15, 0.2) is 11.6 Å². The largest absolute Gasteiger partial charge is 0.353 e. The Hall–Kier alpha value is -0.910. The van der Waals surface area contributed by atoms with Crippen molar-refractivity contribution in [2.45, 2.75) is 110 Å². The average molecular weight is 513 g/mol. The van der Waals surface area contributed by atoms with E-state index in [1.165, 1.54) is 38.5 Å². The Morgan fingerprint density at radius 1 is 1.11 bits per heavy atom. The Morgan fingerprint density at radius 2 is 1.92 bits per heavy atom. The Balaban J connectivity index is 1.16. The van der Waals surface area contributed by atoms with Gasteiger partial charge in [0.1, 0.15) is 0 Å². The van der Waals surface area contributed by atoms with Gasteiger partial charge in [-0.3, -0.25) is 4.79 Å². The highest BCUT2D eigenvalue weighted by atomic mass is 16.7. The van der Waals surface area contributed by atoms with Crippen LogP contribution in [0.5, 0.6) is 0 Å². The van der Waals surface area contributed by atoms with E-state index < -0.39 is 0 Å². The van der Waals surface area contributed by atoms with Crippen molar-refractivity contribution in [3.8, 4) is 0 Å². The summed E-state index contributed by atoms with van der Waals surface area (Å²) in [5.41, 5.74) is 2.33. The molecule has 0 aromatic heterocycles. The van der Waals surface area contributed by atoms with Crippen molar-refractivity contribution in [1.82, 2.24) is 10.2 Å². The molecule has 2 heterocycles. The molecule has 0 unspecified atom stereocenters. The molecule has 1 amide bonds. The Kier molecular flexibility index (Phi) is 6.64. The van der Waals surface area contributed by atoms with Crippen molar-refractivity contribution in [2.75, 3.05) is 27.2 Å². The van der Waals surface area contributed by atoms with Crippen LogP contribution in [-0.4, -0.2) is 56.0 Å². The average Bonchev–Trinajstić information content (AvgIpc) is 3.30. The molecule has 11 atom stereocenters. The lowest BCUT2D eigenvalue weighted by atomic mass is 9.46. The molecule has 208 valence electrons. The molecule has 6 aliphatic rings. The smallest absolute Gasteiger partial charge is 0.221 e. The van der Waals surface area contributed by atoms with Crippen molar-refractivity contribution in [3.05, 3.63) is 11.6 Å². The maximum Gasteiger partial charge on any atom is 0.221 e. The number of nitrogens with zero attached hydrogens (tertiary/aromatic N) is 1. The van der Waals surface area contributed by atoms with Gasteiger partial charge in [-0.25, -0.2) is 0 Å². The van der Waals surface area contributed by atoms with Gasteiger partial charge in [0.15, 0.2) is 5.79 Å². The van der Waals surface area contributed by atoms with Gasteiger partial charge in [-0.05, 0) is 106 Å². The number of amides is 1. The summed E-state index contributed by atoms with van der Waals surface area (Å²) in [6, 6.07) is 0.314. The van der Waals surface area contributed by atoms with Gasteiger partial charge in [0.05, 0.1) is 12.7 Å². The zero-order valence-electron chi connectivity index (χ0n) is 24.4. The molecule has 5 nitrogen and oxygen atoms in total. The second-order valence-electron chi connectivity index (χ2n) is 14.8. The molecule has 5 heteroatoms. The fraction of sp³-hybridized carbons (Fsp3) is 0.906. The highest BCUT2D eigenvalue weighted by Gasteiger charge is 2.68. The first-order chi connectivity index (χ1) is 17.6. The van der Waals surface area contributed by atoms with Crippen LogP contribution >= 0.6 is 0 Å². The molecule has 6 rings (SSSR count). The SMILES string of the molecule is C[C@@H]1CC[C@@]2(OC1)O[C@H]1C[C@H]3[C@@H]4CC=C5C[C@@H](NC(=O)CCN(C)C)CC[C@]5(C)[C@H]4CC[C@]3(C)[C@H]1[C@@H]2C. The molecule has 0 radical (unpaired) electrons. The minimum Gasteiger partial charge on any atom is -0.353 e. The number of fused-ring (bicyclic) bond motifs is 7. The lowest BCUT2D eigenvalue weighted by Crippen LogP contribution is -2.53. The summed E-state index contributed by atoms with van der Waals surface area (Å²) in [5.74, 6) is 4.02. The lowest BCUT2D eigenvalue weighted by Gasteiger charge is -2.58. The Morgan fingerprint density at radius 3 is 2.65 bits per heavy atom. The summed E-state index contributed by atoms with van der Waals surface area (Å²) >= 11 is 0. The molecule has 0 aromatic carbocycles. The van der Waals surface area contributed by atoms with E-state index in [4.69, 9.17) is 9.47 Å². The third-order valence-corrected chi connectivity index (χ3v) is 12.5. The summed E-state index contributed by atoms with van der Waals surface area (Å²) in [7, 11) is 4.06.